The Balaban J connectivity index is 1.63. The van der Waals surface area contributed by atoms with E-state index in [0.717, 1.165) is 11.6 Å². The molecule has 0 aliphatic heterocycles. The molecule has 0 aromatic heterocycles. The SMILES string of the molecule is COc1cc(/C=N\NC(=O)c2ccc(O)cc2O)ccc1OCc1ccc(F)cc1. The Bertz CT molecular complexity index is 1070. The number of nitrogens with zero attached hydrogens (tertiary/aromatic N) is 1. The lowest BCUT2D eigenvalue weighted by molar-refractivity contribution is 0.0952. The van der Waals surface area contributed by atoms with Crippen molar-refractivity contribution in [3.63, 3.8) is 0 Å². The summed E-state index contributed by atoms with van der Waals surface area (Å²) in [6.45, 7) is 0.246. The molecule has 3 aromatic rings. The van der Waals surface area contributed by atoms with Crippen LogP contribution in [0.5, 0.6) is 23.0 Å². The fraction of sp³-hybridized carbons (Fsp3) is 0.0909. The first-order valence-corrected chi connectivity index (χ1v) is 8.87. The van der Waals surface area contributed by atoms with Crippen molar-refractivity contribution >= 4 is 12.1 Å². The lowest BCUT2D eigenvalue weighted by Gasteiger charge is -2.11. The summed E-state index contributed by atoms with van der Waals surface area (Å²) >= 11 is 0. The van der Waals surface area contributed by atoms with Crippen molar-refractivity contribution in [1.82, 2.24) is 5.43 Å². The van der Waals surface area contributed by atoms with Crippen LogP contribution in [0.15, 0.2) is 65.8 Å². The minimum absolute atomic E-state index is 0.0212. The monoisotopic (exact) mass is 410 g/mol. The van der Waals surface area contributed by atoms with Crippen LogP contribution >= 0.6 is 0 Å². The van der Waals surface area contributed by atoms with Gasteiger partial charge in [-0.1, -0.05) is 12.1 Å². The maximum atomic E-state index is 13.0. The van der Waals surface area contributed by atoms with E-state index < -0.39 is 5.91 Å². The molecule has 0 saturated heterocycles. The third-order valence-corrected chi connectivity index (χ3v) is 4.10. The molecule has 0 unspecified atom stereocenters. The molecule has 0 radical (unpaired) electrons. The average Bonchev–Trinajstić information content (AvgIpc) is 2.73. The van der Waals surface area contributed by atoms with Gasteiger partial charge < -0.3 is 19.7 Å². The standard InChI is InChI=1S/C22H19FN2O5/c1-29-21-10-15(4-9-20(21)30-13-14-2-5-16(23)6-3-14)12-24-25-22(28)18-8-7-17(26)11-19(18)27/h2-12,26-27H,13H2,1H3,(H,25,28)/b24-12-. The van der Waals surface area contributed by atoms with E-state index in [4.69, 9.17) is 9.47 Å². The van der Waals surface area contributed by atoms with Crippen LogP contribution < -0.4 is 14.9 Å². The predicted octanol–water partition coefficient (Wildman–Crippen LogP) is 3.59. The fourth-order valence-electron chi connectivity index (χ4n) is 2.56. The fourth-order valence-corrected chi connectivity index (χ4v) is 2.56. The Labute approximate surface area is 172 Å². The van der Waals surface area contributed by atoms with Crippen molar-refractivity contribution in [1.29, 1.82) is 0 Å². The Morgan fingerprint density at radius 2 is 1.83 bits per heavy atom. The molecular formula is C22H19FN2O5. The predicted molar refractivity (Wildman–Crippen MR) is 109 cm³/mol. The summed E-state index contributed by atoms with van der Waals surface area (Å²) in [5.41, 5.74) is 3.72. The van der Waals surface area contributed by atoms with Gasteiger partial charge in [0.1, 0.15) is 23.9 Å². The summed E-state index contributed by atoms with van der Waals surface area (Å²) < 4.78 is 24.0. The van der Waals surface area contributed by atoms with Gasteiger partial charge in [0.25, 0.3) is 5.91 Å². The normalized spacial score (nSPS) is 10.7. The zero-order valence-electron chi connectivity index (χ0n) is 16.0. The number of nitrogens with one attached hydrogen (secondary N) is 1. The number of carbonyl (C=O) groups excluding carboxylic acids is 1. The van der Waals surface area contributed by atoms with Crippen molar-refractivity contribution in [2.45, 2.75) is 6.61 Å². The molecule has 0 aliphatic rings. The lowest BCUT2D eigenvalue weighted by Crippen LogP contribution is -2.17. The first-order valence-electron chi connectivity index (χ1n) is 8.87. The Morgan fingerprint density at radius 3 is 2.53 bits per heavy atom. The molecule has 7 nitrogen and oxygen atoms in total. The number of rotatable bonds is 7. The summed E-state index contributed by atoms with van der Waals surface area (Å²) in [6, 6.07) is 14.7. The Hall–Kier alpha value is -4.07. The van der Waals surface area contributed by atoms with Gasteiger partial charge in [-0.2, -0.15) is 5.10 Å². The molecule has 1 amide bonds. The smallest absolute Gasteiger partial charge is 0.275 e. The second kappa shape index (κ2) is 9.42. The summed E-state index contributed by atoms with van der Waals surface area (Å²) in [4.78, 5) is 12.1. The van der Waals surface area contributed by atoms with E-state index in [1.807, 2.05) is 0 Å². The van der Waals surface area contributed by atoms with Crippen molar-refractivity contribution in [3.05, 3.63) is 83.2 Å². The number of halogens is 1. The van der Waals surface area contributed by atoms with Crippen LogP contribution in [0.3, 0.4) is 0 Å². The number of methoxy groups -OCH3 is 1. The largest absolute Gasteiger partial charge is 0.508 e. The maximum absolute atomic E-state index is 13.0. The van der Waals surface area contributed by atoms with Crippen LogP contribution in [0.4, 0.5) is 4.39 Å². The Kier molecular flexibility index (Phi) is 6.49. The van der Waals surface area contributed by atoms with Crippen LogP contribution in [-0.4, -0.2) is 29.4 Å². The van der Waals surface area contributed by atoms with Gasteiger partial charge in [-0.3, -0.25) is 4.79 Å². The molecule has 0 aliphatic carbocycles. The number of carbonyl (C=O) groups is 1. The second-order valence-corrected chi connectivity index (χ2v) is 6.23. The lowest BCUT2D eigenvalue weighted by atomic mass is 10.2. The zero-order valence-corrected chi connectivity index (χ0v) is 16.0. The molecule has 0 bridgehead atoms. The number of ether oxygens (including phenoxy) is 2. The summed E-state index contributed by atoms with van der Waals surface area (Å²) in [5.74, 6) is -0.489. The van der Waals surface area contributed by atoms with Crippen LogP contribution in [0.1, 0.15) is 21.5 Å². The van der Waals surface area contributed by atoms with E-state index in [2.05, 4.69) is 10.5 Å². The molecule has 3 N–H and O–H groups in total. The highest BCUT2D eigenvalue weighted by atomic mass is 19.1. The number of hydrogen-bond donors (Lipinski definition) is 3. The highest BCUT2D eigenvalue weighted by Gasteiger charge is 2.11. The van der Waals surface area contributed by atoms with Gasteiger partial charge in [-0.05, 0) is 53.6 Å². The van der Waals surface area contributed by atoms with Crippen LogP contribution in [0.25, 0.3) is 0 Å². The van der Waals surface area contributed by atoms with Gasteiger partial charge in [0.05, 0.1) is 18.9 Å². The minimum atomic E-state index is -0.630. The van der Waals surface area contributed by atoms with Crippen molar-refractivity contribution in [3.8, 4) is 23.0 Å². The van der Waals surface area contributed by atoms with Crippen LogP contribution in [0.2, 0.25) is 0 Å². The first kappa shape index (κ1) is 20.7. The van der Waals surface area contributed by atoms with E-state index in [1.54, 1.807) is 30.3 Å². The van der Waals surface area contributed by atoms with E-state index in [9.17, 15) is 19.4 Å². The average molecular weight is 410 g/mol. The van der Waals surface area contributed by atoms with Gasteiger partial charge in [-0.15, -0.1) is 0 Å². The molecule has 0 heterocycles. The highest BCUT2D eigenvalue weighted by Crippen LogP contribution is 2.28. The maximum Gasteiger partial charge on any atom is 0.275 e. The van der Waals surface area contributed by atoms with E-state index in [1.165, 1.54) is 37.6 Å². The summed E-state index contributed by atoms with van der Waals surface area (Å²) in [7, 11) is 1.50. The number of phenolic OH excluding ortho intramolecular Hbond substituents is 2. The molecule has 154 valence electrons. The van der Waals surface area contributed by atoms with Crippen molar-refractivity contribution < 1.29 is 28.9 Å². The Morgan fingerprint density at radius 1 is 1.07 bits per heavy atom. The van der Waals surface area contributed by atoms with E-state index in [-0.39, 0.29) is 29.5 Å². The number of phenols is 2. The van der Waals surface area contributed by atoms with E-state index >= 15 is 0 Å². The summed E-state index contributed by atoms with van der Waals surface area (Å²) in [6.07, 6.45) is 1.40. The first-order chi connectivity index (χ1) is 14.5. The molecule has 0 spiro atoms. The van der Waals surface area contributed by atoms with Crippen LogP contribution in [-0.2, 0) is 6.61 Å². The molecule has 0 saturated carbocycles. The third-order valence-electron chi connectivity index (χ3n) is 4.10. The van der Waals surface area contributed by atoms with Crippen LogP contribution in [0, 0.1) is 5.82 Å². The zero-order chi connectivity index (χ0) is 21.5. The second-order valence-electron chi connectivity index (χ2n) is 6.23. The van der Waals surface area contributed by atoms with Gasteiger partial charge in [0.2, 0.25) is 0 Å². The number of benzene rings is 3. The highest BCUT2D eigenvalue weighted by molar-refractivity contribution is 5.97. The molecule has 0 fully saturated rings. The topological polar surface area (TPSA) is 100 Å². The van der Waals surface area contributed by atoms with Crippen molar-refractivity contribution in [2.24, 2.45) is 5.10 Å². The quantitative estimate of drug-likeness (QED) is 0.408. The number of hydrogen-bond acceptors (Lipinski definition) is 6. The summed E-state index contributed by atoms with van der Waals surface area (Å²) in [5, 5.41) is 22.8. The van der Waals surface area contributed by atoms with Gasteiger partial charge in [-0.25, -0.2) is 9.82 Å². The van der Waals surface area contributed by atoms with Gasteiger partial charge >= 0.3 is 0 Å². The molecule has 3 aromatic carbocycles. The van der Waals surface area contributed by atoms with Gasteiger partial charge in [0, 0.05) is 6.07 Å². The number of hydrazone groups is 1. The van der Waals surface area contributed by atoms with Crippen molar-refractivity contribution in [2.75, 3.05) is 7.11 Å². The molecule has 30 heavy (non-hydrogen) atoms. The molecule has 0 atom stereocenters. The number of aromatic hydroxyl groups is 2. The molecule has 8 heteroatoms. The minimum Gasteiger partial charge on any atom is -0.508 e. The molecule has 3 rings (SSSR count). The third kappa shape index (κ3) is 5.26. The number of amides is 1. The molecular weight excluding hydrogens is 391 g/mol. The van der Waals surface area contributed by atoms with Gasteiger partial charge in [0.15, 0.2) is 11.5 Å². The van der Waals surface area contributed by atoms with E-state index in [0.29, 0.717) is 17.1 Å².